The lowest BCUT2D eigenvalue weighted by Crippen LogP contribution is -2.50. The quantitative estimate of drug-likeness (QED) is 0.793. The number of hydrogen-bond donors (Lipinski definition) is 2. The molecule has 2 N–H and O–H groups in total. The van der Waals surface area contributed by atoms with Crippen molar-refractivity contribution >= 4 is 5.91 Å². The maximum atomic E-state index is 12.1. The zero-order chi connectivity index (χ0) is 13.5. The summed E-state index contributed by atoms with van der Waals surface area (Å²) >= 11 is 0. The van der Waals surface area contributed by atoms with Crippen LogP contribution in [0.4, 0.5) is 0 Å². The van der Waals surface area contributed by atoms with Crippen LogP contribution in [0.5, 0.6) is 0 Å². The average molecular weight is 267 g/mol. The molecule has 1 saturated heterocycles. The van der Waals surface area contributed by atoms with Gasteiger partial charge in [0.25, 0.3) is 0 Å². The number of hydrogen-bond acceptors (Lipinski definition) is 3. The van der Waals surface area contributed by atoms with Gasteiger partial charge in [-0.2, -0.15) is 0 Å². The number of carbonyl (C=O) groups excluding carboxylic acids is 1. The molecule has 1 aliphatic heterocycles. The molecule has 0 bridgehead atoms. The molecule has 1 saturated carbocycles. The first-order valence-electron chi connectivity index (χ1n) is 8.03. The van der Waals surface area contributed by atoms with Gasteiger partial charge in [0.1, 0.15) is 0 Å². The SMILES string of the molecule is CCNC1CCCN(CC(=O)NC2CCCCC2)C1. The van der Waals surface area contributed by atoms with Crippen LogP contribution in [0.3, 0.4) is 0 Å². The van der Waals surface area contributed by atoms with Gasteiger partial charge in [-0.05, 0) is 38.8 Å². The summed E-state index contributed by atoms with van der Waals surface area (Å²) in [6.07, 6.45) is 8.68. The summed E-state index contributed by atoms with van der Waals surface area (Å²) in [6.45, 7) is 5.84. The summed E-state index contributed by atoms with van der Waals surface area (Å²) in [6, 6.07) is 1.01. The minimum absolute atomic E-state index is 0.226. The van der Waals surface area contributed by atoms with Gasteiger partial charge in [0.15, 0.2) is 0 Å². The lowest BCUT2D eigenvalue weighted by atomic mass is 9.95. The third kappa shape index (κ3) is 5.11. The van der Waals surface area contributed by atoms with Crippen LogP contribution in [0.2, 0.25) is 0 Å². The lowest BCUT2D eigenvalue weighted by Gasteiger charge is -2.33. The normalized spacial score (nSPS) is 26.3. The number of likely N-dealkylation sites (N-methyl/N-ethyl adjacent to an activating group) is 1. The fourth-order valence-corrected chi connectivity index (χ4v) is 3.38. The Hall–Kier alpha value is -0.610. The second-order valence-electron chi connectivity index (χ2n) is 6.03. The van der Waals surface area contributed by atoms with Crippen molar-refractivity contribution < 1.29 is 4.79 Å². The van der Waals surface area contributed by atoms with Gasteiger partial charge in [-0.25, -0.2) is 0 Å². The minimum atomic E-state index is 0.226. The van der Waals surface area contributed by atoms with Crippen LogP contribution in [0.1, 0.15) is 51.9 Å². The van der Waals surface area contributed by atoms with E-state index in [1.165, 1.54) is 44.9 Å². The molecule has 1 unspecified atom stereocenters. The van der Waals surface area contributed by atoms with E-state index in [4.69, 9.17) is 0 Å². The highest BCUT2D eigenvalue weighted by molar-refractivity contribution is 5.78. The van der Waals surface area contributed by atoms with Crippen LogP contribution in [0, 0.1) is 0 Å². The molecule has 1 amide bonds. The molecule has 0 aromatic rings. The summed E-state index contributed by atoms with van der Waals surface area (Å²) in [5.74, 6) is 0.226. The zero-order valence-electron chi connectivity index (χ0n) is 12.3. The van der Waals surface area contributed by atoms with Gasteiger partial charge in [0, 0.05) is 18.6 Å². The third-order valence-corrected chi connectivity index (χ3v) is 4.34. The highest BCUT2D eigenvalue weighted by Gasteiger charge is 2.22. The molecule has 1 atom stereocenters. The van der Waals surface area contributed by atoms with Crippen LogP contribution >= 0.6 is 0 Å². The van der Waals surface area contributed by atoms with Crippen LogP contribution in [0.25, 0.3) is 0 Å². The molecule has 4 heteroatoms. The van der Waals surface area contributed by atoms with E-state index in [1.807, 2.05) is 0 Å². The zero-order valence-corrected chi connectivity index (χ0v) is 12.3. The van der Waals surface area contributed by atoms with Gasteiger partial charge in [0.05, 0.1) is 6.54 Å². The topological polar surface area (TPSA) is 44.4 Å². The largest absolute Gasteiger partial charge is 0.352 e. The number of rotatable bonds is 5. The van der Waals surface area contributed by atoms with Crippen molar-refractivity contribution in [2.75, 3.05) is 26.2 Å². The molecule has 0 aromatic carbocycles. The number of carbonyl (C=O) groups is 1. The van der Waals surface area contributed by atoms with Gasteiger partial charge < -0.3 is 10.6 Å². The monoisotopic (exact) mass is 267 g/mol. The Bertz CT molecular complexity index is 275. The molecule has 2 fully saturated rings. The molecule has 0 radical (unpaired) electrons. The maximum absolute atomic E-state index is 12.1. The first kappa shape index (κ1) is 14.8. The van der Waals surface area contributed by atoms with E-state index < -0.39 is 0 Å². The Morgan fingerprint density at radius 2 is 1.84 bits per heavy atom. The first-order valence-corrected chi connectivity index (χ1v) is 8.03. The number of nitrogens with one attached hydrogen (secondary N) is 2. The van der Waals surface area contributed by atoms with Crippen molar-refractivity contribution in [2.45, 2.75) is 64.0 Å². The standard InChI is InChI=1S/C15H29N3O/c1-2-16-14-9-6-10-18(11-14)12-15(19)17-13-7-4-3-5-8-13/h13-14,16H,2-12H2,1H3,(H,17,19). The third-order valence-electron chi connectivity index (χ3n) is 4.34. The smallest absolute Gasteiger partial charge is 0.234 e. The maximum Gasteiger partial charge on any atom is 0.234 e. The molecular weight excluding hydrogens is 238 g/mol. The first-order chi connectivity index (χ1) is 9.28. The Morgan fingerprint density at radius 3 is 2.58 bits per heavy atom. The molecule has 4 nitrogen and oxygen atoms in total. The van der Waals surface area contributed by atoms with E-state index in [-0.39, 0.29) is 5.91 Å². The van der Waals surface area contributed by atoms with Crippen molar-refractivity contribution in [1.82, 2.24) is 15.5 Å². The van der Waals surface area contributed by atoms with Crippen molar-refractivity contribution in [3.05, 3.63) is 0 Å². The molecule has 1 heterocycles. The second-order valence-corrected chi connectivity index (χ2v) is 6.03. The van der Waals surface area contributed by atoms with E-state index >= 15 is 0 Å². The van der Waals surface area contributed by atoms with E-state index in [9.17, 15) is 4.79 Å². The summed E-state index contributed by atoms with van der Waals surface area (Å²) in [7, 11) is 0. The second kappa shape index (κ2) is 7.85. The number of amides is 1. The lowest BCUT2D eigenvalue weighted by molar-refractivity contribution is -0.123. The van der Waals surface area contributed by atoms with Crippen LogP contribution in [-0.4, -0.2) is 49.1 Å². The highest BCUT2D eigenvalue weighted by Crippen LogP contribution is 2.17. The number of likely N-dealkylation sites (tertiary alicyclic amines) is 1. The Labute approximate surface area is 117 Å². The summed E-state index contributed by atoms with van der Waals surface area (Å²) in [5, 5.41) is 6.71. The van der Waals surface area contributed by atoms with Gasteiger partial charge in [0.2, 0.25) is 5.91 Å². The predicted octanol–water partition coefficient (Wildman–Crippen LogP) is 1.51. The average Bonchev–Trinajstić information content (AvgIpc) is 2.40. The molecule has 2 aliphatic rings. The summed E-state index contributed by atoms with van der Waals surface area (Å²) in [4.78, 5) is 14.4. The van der Waals surface area contributed by atoms with E-state index in [1.54, 1.807) is 0 Å². The van der Waals surface area contributed by atoms with Crippen LogP contribution in [0.15, 0.2) is 0 Å². The molecule has 19 heavy (non-hydrogen) atoms. The molecule has 1 aliphatic carbocycles. The van der Waals surface area contributed by atoms with Gasteiger partial charge >= 0.3 is 0 Å². The predicted molar refractivity (Wildman–Crippen MR) is 78.2 cm³/mol. The Kier molecular flexibility index (Phi) is 6.11. The fraction of sp³-hybridized carbons (Fsp3) is 0.933. The van der Waals surface area contributed by atoms with E-state index in [0.29, 0.717) is 18.6 Å². The molecule has 0 spiro atoms. The molecular formula is C15H29N3O. The van der Waals surface area contributed by atoms with Crippen molar-refractivity contribution in [3.63, 3.8) is 0 Å². The van der Waals surface area contributed by atoms with Crippen LogP contribution in [-0.2, 0) is 4.79 Å². The van der Waals surface area contributed by atoms with E-state index in [2.05, 4.69) is 22.5 Å². The number of nitrogens with zero attached hydrogens (tertiary/aromatic N) is 1. The Morgan fingerprint density at radius 1 is 1.11 bits per heavy atom. The molecule has 0 aromatic heterocycles. The number of piperidine rings is 1. The highest BCUT2D eigenvalue weighted by atomic mass is 16.2. The molecule has 110 valence electrons. The van der Waals surface area contributed by atoms with Crippen molar-refractivity contribution in [3.8, 4) is 0 Å². The Balaban J connectivity index is 1.68. The summed E-state index contributed by atoms with van der Waals surface area (Å²) < 4.78 is 0. The van der Waals surface area contributed by atoms with Crippen LogP contribution < -0.4 is 10.6 Å². The fourth-order valence-electron chi connectivity index (χ4n) is 3.38. The van der Waals surface area contributed by atoms with Crippen molar-refractivity contribution in [1.29, 1.82) is 0 Å². The minimum Gasteiger partial charge on any atom is -0.352 e. The summed E-state index contributed by atoms with van der Waals surface area (Å²) in [5.41, 5.74) is 0. The van der Waals surface area contributed by atoms with Gasteiger partial charge in [-0.3, -0.25) is 9.69 Å². The van der Waals surface area contributed by atoms with E-state index in [0.717, 1.165) is 19.6 Å². The van der Waals surface area contributed by atoms with Gasteiger partial charge in [-0.15, -0.1) is 0 Å². The van der Waals surface area contributed by atoms with Crippen molar-refractivity contribution in [2.24, 2.45) is 0 Å². The van der Waals surface area contributed by atoms with Gasteiger partial charge in [-0.1, -0.05) is 26.2 Å². The molecule has 2 rings (SSSR count).